The molecule has 1 amide bonds. The third-order valence-electron chi connectivity index (χ3n) is 3.48. The van der Waals surface area contributed by atoms with Crippen LogP contribution in [0.5, 0.6) is 11.5 Å². The number of rotatable bonds is 4. The number of ether oxygens (including phenoxy) is 1. The maximum atomic E-state index is 12.2. The van der Waals surface area contributed by atoms with E-state index in [4.69, 9.17) is 4.74 Å². The van der Waals surface area contributed by atoms with Crippen LogP contribution in [0.2, 0.25) is 0 Å². The van der Waals surface area contributed by atoms with Crippen LogP contribution in [0.4, 0.5) is 5.69 Å². The Morgan fingerprint density at radius 1 is 0.833 bits per heavy atom. The van der Waals surface area contributed by atoms with Crippen molar-refractivity contribution in [2.45, 2.75) is 6.92 Å². The average molecular weight is 382 g/mol. The quantitative estimate of drug-likeness (QED) is 0.619. The van der Waals surface area contributed by atoms with Gasteiger partial charge in [-0.2, -0.15) is 0 Å². The molecule has 3 aromatic rings. The van der Waals surface area contributed by atoms with E-state index in [2.05, 4.69) is 21.2 Å². The highest BCUT2D eigenvalue weighted by Crippen LogP contribution is 2.22. The predicted molar refractivity (Wildman–Crippen MR) is 99.8 cm³/mol. The highest BCUT2D eigenvalue weighted by atomic mass is 79.9. The lowest BCUT2D eigenvalue weighted by Crippen LogP contribution is -2.11. The van der Waals surface area contributed by atoms with Crippen LogP contribution in [-0.4, -0.2) is 5.91 Å². The van der Waals surface area contributed by atoms with Crippen LogP contribution in [0.15, 0.2) is 77.3 Å². The van der Waals surface area contributed by atoms with Crippen molar-refractivity contribution in [3.05, 3.63) is 88.4 Å². The number of hydrogen-bond donors (Lipinski definition) is 1. The fourth-order valence-electron chi connectivity index (χ4n) is 2.15. The highest BCUT2D eigenvalue weighted by Gasteiger charge is 2.06. The average Bonchev–Trinajstić information content (AvgIpc) is 2.59. The largest absolute Gasteiger partial charge is 0.457 e. The van der Waals surface area contributed by atoms with E-state index in [-0.39, 0.29) is 5.91 Å². The van der Waals surface area contributed by atoms with Crippen molar-refractivity contribution in [1.29, 1.82) is 0 Å². The molecule has 0 atom stereocenters. The summed E-state index contributed by atoms with van der Waals surface area (Å²) in [6.45, 7) is 2.03. The second kappa shape index (κ2) is 7.32. The fourth-order valence-corrected chi connectivity index (χ4v) is 2.42. The first-order valence-electron chi connectivity index (χ1n) is 7.52. The van der Waals surface area contributed by atoms with Gasteiger partial charge in [-0.1, -0.05) is 33.6 Å². The first kappa shape index (κ1) is 16.3. The summed E-state index contributed by atoms with van der Waals surface area (Å²) in [6, 6.07) is 22.4. The molecule has 0 heterocycles. The minimum atomic E-state index is -0.154. The third kappa shape index (κ3) is 4.24. The fraction of sp³-hybridized carbons (Fsp3) is 0.0500. The van der Waals surface area contributed by atoms with Crippen molar-refractivity contribution in [2.24, 2.45) is 0 Å². The normalized spacial score (nSPS) is 10.2. The molecule has 0 bridgehead atoms. The topological polar surface area (TPSA) is 38.3 Å². The van der Waals surface area contributed by atoms with Gasteiger partial charge in [-0.05, 0) is 67.6 Å². The Balaban J connectivity index is 1.66. The van der Waals surface area contributed by atoms with Gasteiger partial charge in [0.2, 0.25) is 0 Å². The van der Waals surface area contributed by atoms with Gasteiger partial charge in [0.25, 0.3) is 5.91 Å². The number of anilines is 1. The summed E-state index contributed by atoms with van der Waals surface area (Å²) < 4.78 is 6.73. The summed E-state index contributed by atoms with van der Waals surface area (Å²) in [4.78, 5) is 12.2. The summed E-state index contributed by atoms with van der Waals surface area (Å²) in [7, 11) is 0. The standard InChI is InChI=1S/C20H16BrNO2/c1-14-2-10-18(11-3-14)24-19-12-4-15(5-13-19)20(23)22-17-8-6-16(21)7-9-17/h2-13H,1H3,(H,22,23). The van der Waals surface area contributed by atoms with E-state index < -0.39 is 0 Å². The van der Waals surface area contributed by atoms with Gasteiger partial charge < -0.3 is 10.1 Å². The zero-order valence-electron chi connectivity index (χ0n) is 13.1. The summed E-state index contributed by atoms with van der Waals surface area (Å²) in [5, 5.41) is 2.86. The Morgan fingerprint density at radius 2 is 1.38 bits per heavy atom. The van der Waals surface area contributed by atoms with Crippen LogP contribution in [-0.2, 0) is 0 Å². The molecule has 0 radical (unpaired) electrons. The maximum absolute atomic E-state index is 12.2. The minimum absolute atomic E-state index is 0.154. The summed E-state index contributed by atoms with van der Waals surface area (Å²) in [6.07, 6.45) is 0. The second-order valence-corrected chi connectivity index (χ2v) is 6.32. The van der Waals surface area contributed by atoms with E-state index in [0.717, 1.165) is 15.9 Å². The summed E-state index contributed by atoms with van der Waals surface area (Å²) in [5.41, 5.74) is 2.51. The van der Waals surface area contributed by atoms with Crippen LogP contribution >= 0.6 is 15.9 Å². The second-order valence-electron chi connectivity index (χ2n) is 5.40. The number of carbonyl (C=O) groups is 1. The lowest BCUT2D eigenvalue weighted by atomic mass is 10.2. The van der Waals surface area contributed by atoms with Crippen molar-refractivity contribution in [3.8, 4) is 11.5 Å². The highest BCUT2D eigenvalue weighted by molar-refractivity contribution is 9.10. The van der Waals surface area contributed by atoms with Crippen molar-refractivity contribution in [2.75, 3.05) is 5.32 Å². The van der Waals surface area contributed by atoms with E-state index in [1.165, 1.54) is 5.56 Å². The monoisotopic (exact) mass is 381 g/mol. The van der Waals surface area contributed by atoms with Crippen LogP contribution in [0.3, 0.4) is 0 Å². The Bertz CT molecular complexity index is 825. The zero-order chi connectivity index (χ0) is 16.9. The van der Waals surface area contributed by atoms with Gasteiger partial charge in [0.15, 0.2) is 0 Å². The molecular formula is C20H16BrNO2. The molecule has 0 saturated carbocycles. The lowest BCUT2D eigenvalue weighted by Gasteiger charge is -2.08. The van der Waals surface area contributed by atoms with Crippen LogP contribution in [0, 0.1) is 6.92 Å². The Labute approximate surface area is 149 Å². The number of halogens is 1. The van der Waals surface area contributed by atoms with Crippen molar-refractivity contribution < 1.29 is 9.53 Å². The van der Waals surface area contributed by atoms with E-state index in [1.54, 1.807) is 24.3 Å². The first-order valence-corrected chi connectivity index (χ1v) is 8.31. The zero-order valence-corrected chi connectivity index (χ0v) is 14.7. The molecule has 0 aliphatic heterocycles. The smallest absolute Gasteiger partial charge is 0.255 e. The molecule has 0 unspecified atom stereocenters. The molecule has 24 heavy (non-hydrogen) atoms. The molecule has 1 N–H and O–H groups in total. The number of nitrogens with one attached hydrogen (secondary N) is 1. The van der Waals surface area contributed by atoms with Crippen molar-refractivity contribution in [3.63, 3.8) is 0 Å². The van der Waals surface area contributed by atoms with Gasteiger partial charge in [-0.15, -0.1) is 0 Å². The van der Waals surface area contributed by atoms with E-state index >= 15 is 0 Å². The molecule has 0 saturated heterocycles. The molecule has 120 valence electrons. The number of aryl methyl sites for hydroxylation is 1. The number of benzene rings is 3. The predicted octanol–water partition coefficient (Wildman–Crippen LogP) is 5.80. The van der Waals surface area contributed by atoms with Crippen molar-refractivity contribution in [1.82, 2.24) is 0 Å². The molecule has 3 nitrogen and oxygen atoms in total. The molecule has 0 aromatic heterocycles. The van der Waals surface area contributed by atoms with Gasteiger partial charge in [0, 0.05) is 15.7 Å². The first-order chi connectivity index (χ1) is 11.6. The van der Waals surface area contributed by atoms with Gasteiger partial charge in [0.05, 0.1) is 0 Å². The molecule has 0 fully saturated rings. The molecule has 0 aliphatic rings. The van der Waals surface area contributed by atoms with E-state index in [0.29, 0.717) is 11.3 Å². The van der Waals surface area contributed by atoms with Crippen LogP contribution in [0.25, 0.3) is 0 Å². The maximum Gasteiger partial charge on any atom is 0.255 e. The van der Waals surface area contributed by atoms with Gasteiger partial charge >= 0.3 is 0 Å². The number of hydrogen-bond acceptors (Lipinski definition) is 2. The number of carbonyl (C=O) groups excluding carboxylic acids is 1. The third-order valence-corrected chi connectivity index (χ3v) is 4.00. The molecular weight excluding hydrogens is 366 g/mol. The summed E-state index contributed by atoms with van der Waals surface area (Å²) in [5.74, 6) is 1.31. The Morgan fingerprint density at radius 3 is 1.96 bits per heavy atom. The molecule has 0 aliphatic carbocycles. The minimum Gasteiger partial charge on any atom is -0.457 e. The van der Waals surface area contributed by atoms with Crippen molar-refractivity contribution >= 4 is 27.5 Å². The van der Waals surface area contributed by atoms with Gasteiger partial charge in [-0.3, -0.25) is 4.79 Å². The number of amides is 1. The summed E-state index contributed by atoms with van der Waals surface area (Å²) >= 11 is 3.37. The molecule has 0 spiro atoms. The SMILES string of the molecule is Cc1ccc(Oc2ccc(C(=O)Nc3ccc(Br)cc3)cc2)cc1. The van der Waals surface area contributed by atoms with Gasteiger partial charge in [0.1, 0.15) is 11.5 Å². The van der Waals surface area contributed by atoms with Gasteiger partial charge in [-0.25, -0.2) is 0 Å². The van der Waals surface area contributed by atoms with Crippen LogP contribution < -0.4 is 10.1 Å². The van der Waals surface area contributed by atoms with E-state index in [1.807, 2.05) is 55.5 Å². The lowest BCUT2D eigenvalue weighted by molar-refractivity contribution is 0.102. The Kier molecular flexibility index (Phi) is 4.96. The molecule has 3 aromatic carbocycles. The van der Waals surface area contributed by atoms with E-state index in [9.17, 15) is 4.79 Å². The molecule has 4 heteroatoms. The Hall–Kier alpha value is -2.59. The molecule has 3 rings (SSSR count). The van der Waals surface area contributed by atoms with Crippen LogP contribution in [0.1, 0.15) is 15.9 Å².